The van der Waals surface area contributed by atoms with Crippen LogP contribution in [0.3, 0.4) is 0 Å². The van der Waals surface area contributed by atoms with Crippen LogP contribution in [-0.4, -0.2) is 41.8 Å². The number of amides is 1. The zero-order valence-corrected chi connectivity index (χ0v) is 22.2. The molecule has 0 unspecified atom stereocenters. The molecule has 0 atom stereocenters. The molecule has 0 fully saturated rings. The molecule has 4 aromatic rings. The molecule has 208 valence electrons. The molecule has 0 aliphatic carbocycles. The maximum Gasteiger partial charge on any atom is 0.313 e. The van der Waals surface area contributed by atoms with E-state index in [0.29, 0.717) is 6.07 Å². The third-order valence-electron chi connectivity index (χ3n) is 5.08. The third kappa shape index (κ3) is 6.52. The number of aromatic nitrogens is 2. The lowest BCUT2D eigenvalue weighted by Gasteiger charge is -2.11. The van der Waals surface area contributed by atoms with Gasteiger partial charge in [-0.15, -0.1) is 5.11 Å². The minimum atomic E-state index is -4.92. The van der Waals surface area contributed by atoms with Gasteiger partial charge in [-0.1, -0.05) is 17.7 Å². The van der Waals surface area contributed by atoms with Gasteiger partial charge in [-0.3, -0.25) is 13.9 Å². The van der Waals surface area contributed by atoms with Crippen molar-refractivity contribution in [2.24, 2.45) is 10.2 Å². The molecule has 0 aliphatic rings. The number of rotatable bonds is 7. The van der Waals surface area contributed by atoms with Crippen LogP contribution in [0.15, 0.2) is 68.6 Å². The van der Waals surface area contributed by atoms with E-state index in [2.05, 4.69) is 30.8 Å². The van der Waals surface area contributed by atoms with E-state index in [0.717, 1.165) is 6.07 Å². The number of carbonyl (C=O) groups is 1. The second-order valence-electron chi connectivity index (χ2n) is 7.96. The van der Waals surface area contributed by atoms with Crippen LogP contribution in [0.4, 0.5) is 37.3 Å². The fourth-order valence-corrected chi connectivity index (χ4v) is 4.91. The molecular weight excluding hydrogens is 598 g/mol. The number of hydrogen-bond donors (Lipinski definition) is 4. The van der Waals surface area contributed by atoms with Crippen LogP contribution in [0.5, 0.6) is 0 Å². The molecule has 0 spiro atoms. The number of hydrogen-bond acceptors (Lipinski definition) is 10. The lowest BCUT2D eigenvalue weighted by Crippen LogP contribution is -2.07. The van der Waals surface area contributed by atoms with Gasteiger partial charge in [0, 0.05) is 18.0 Å². The van der Waals surface area contributed by atoms with Gasteiger partial charge < -0.3 is 10.6 Å². The van der Waals surface area contributed by atoms with Crippen LogP contribution in [0, 0.1) is 12.0 Å². The van der Waals surface area contributed by atoms with E-state index in [-0.39, 0.29) is 39.3 Å². The van der Waals surface area contributed by atoms with Gasteiger partial charge in [0.2, 0.25) is 11.9 Å². The standard InChI is InChI=1S/C22H15ClF2N6O7S2/c1-10(32)26-17-8-12(27-21-19(23)20(24)28-22(25)29-21)4-5-16(17)31-30-13-3-2-11-6-14(39(33,34)35)9-18(15(11)7-13)40(36,37)38/h2-9H,1H3,(H,26,32)(H,27,28,29)(H,33,34,35)(H,36,37,38). The summed E-state index contributed by atoms with van der Waals surface area (Å²) >= 11 is 5.77. The Morgan fingerprint density at radius 1 is 0.950 bits per heavy atom. The van der Waals surface area contributed by atoms with Crippen molar-refractivity contribution in [2.75, 3.05) is 10.6 Å². The van der Waals surface area contributed by atoms with E-state index in [9.17, 15) is 39.5 Å². The van der Waals surface area contributed by atoms with Crippen molar-refractivity contribution in [1.82, 2.24) is 9.97 Å². The Bertz CT molecular complexity index is 1940. The van der Waals surface area contributed by atoms with Crippen molar-refractivity contribution < 1.29 is 39.5 Å². The quantitative estimate of drug-likeness (QED) is 0.0933. The van der Waals surface area contributed by atoms with Crippen molar-refractivity contribution in [3.8, 4) is 0 Å². The summed E-state index contributed by atoms with van der Waals surface area (Å²) in [6.07, 6.45) is -1.36. The Morgan fingerprint density at radius 2 is 1.68 bits per heavy atom. The minimum absolute atomic E-state index is 0.0484. The SMILES string of the molecule is CC(=O)Nc1cc(Nc2nc(F)nc(F)c2Cl)ccc1N=Nc1ccc2cc(S(=O)(=O)O)cc(S(=O)(=O)O)c2c1. The first kappa shape index (κ1) is 28.8. The first-order valence-electron chi connectivity index (χ1n) is 10.6. The van der Waals surface area contributed by atoms with Crippen molar-refractivity contribution in [3.63, 3.8) is 0 Å². The summed E-state index contributed by atoms with van der Waals surface area (Å²) in [5, 5.41) is 12.5. The molecule has 4 N–H and O–H groups in total. The van der Waals surface area contributed by atoms with Crippen LogP contribution in [-0.2, 0) is 25.0 Å². The molecule has 0 bridgehead atoms. The molecule has 1 aromatic heterocycles. The summed E-state index contributed by atoms with van der Waals surface area (Å²) < 4.78 is 92.9. The van der Waals surface area contributed by atoms with Gasteiger partial charge in [-0.05, 0) is 47.9 Å². The fourth-order valence-electron chi connectivity index (χ4n) is 3.43. The maximum atomic E-state index is 13.6. The van der Waals surface area contributed by atoms with Crippen molar-refractivity contribution >= 4 is 77.1 Å². The molecule has 40 heavy (non-hydrogen) atoms. The summed E-state index contributed by atoms with van der Waals surface area (Å²) in [7, 11) is -9.71. The summed E-state index contributed by atoms with van der Waals surface area (Å²) in [6.45, 7) is 1.22. The van der Waals surface area contributed by atoms with Crippen LogP contribution >= 0.6 is 11.6 Å². The molecule has 13 nitrogen and oxygen atoms in total. The van der Waals surface area contributed by atoms with Gasteiger partial charge >= 0.3 is 6.08 Å². The number of benzene rings is 3. The Kier molecular flexibility index (Phi) is 7.77. The van der Waals surface area contributed by atoms with Crippen molar-refractivity contribution in [3.05, 3.63) is 65.6 Å². The highest BCUT2D eigenvalue weighted by Crippen LogP contribution is 2.34. The Morgan fingerprint density at radius 3 is 2.33 bits per heavy atom. The Balaban J connectivity index is 1.74. The number of nitrogens with zero attached hydrogens (tertiary/aromatic N) is 4. The van der Waals surface area contributed by atoms with Gasteiger partial charge in [0.05, 0.1) is 16.3 Å². The fraction of sp³-hybridized carbons (Fsp3) is 0.0455. The average molecular weight is 613 g/mol. The number of halogens is 3. The summed E-state index contributed by atoms with van der Waals surface area (Å²) in [5.41, 5.74) is 0.459. The maximum absolute atomic E-state index is 13.6. The summed E-state index contributed by atoms with van der Waals surface area (Å²) in [5.74, 6) is -2.16. The molecule has 18 heteroatoms. The zero-order chi connectivity index (χ0) is 29.4. The van der Waals surface area contributed by atoms with Crippen LogP contribution in [0.25, 0.3) is 10.8 Å². The van der Waals surface area contributed by atoms with Crippen LogP contribution in [0.1, 0.15) is 6.92 Å². The molecule has 3 aromatic carbocycles. The van der Waals surface area contributed by atoms with Gasteiger partial charge in [-0.2, -0.15) is 40.7 Å². The number of fused-ring (bicyclic) bond motifs is 1. The molecule has 0 aliphatic heterocycles. The van der Waals surface area contributed by atoms with E-state index < -0.39 is 53.0 Å². The highest BCUT2D eigenvalue weighted by molar-refractivity contribution is 7.86. The second kappa shape index (κ2) is 10.8. The highest BCUT2D eigenvalue weighted by Gasteiger charge is 2.21. The van der Waals surface area contributed by atoms with E-state index in [1.165, 1.54) is 43.3 Å². The molecule has 1 amide bonds. The highest BCUT2D eigenvalue weighted by atomic mass is 35.5. The molecule has 0 saturated carbocycles. The van der Waals surface area contributed by atoms with E-state index in [4.69, 9.17) is 11.6 Å². The largest absolute Gasteiger partial charge is 0.339 e. The predicted molar refractivity (Wildman–Crippen MR) is 139 cm³/mol. The van der Waals surface area contributed by atoms with Crippen LogP contribution < -0.4 is 10.6 Å². The topological polar surface area (TPSA) is 200 Å². The van der Waals surface area contributed by atoms with E-state index in [1.54, 1.807) is 0 Å². The van der Waals surface area contributed by atoms with E-state index >= 15 is 0 Å². The second-order valence-corrected chi connectivity index (χ2v) is 11.2. The average Bonchev–Trinajstić information content (AvgIpc) is 2.84. The van der Waals surface area contributed by atoms with Gasteiger partial charge in [-0.25, -0.2) is 0 Å². The predicted octanol–water partition coefficient (Wildman–Crippen LogP) is 5.17. The molecule has 0 radical (unpaired) electrons. The minimum Gasteiger partial charge on any atom is -0.339 e. The smallest absolute Gasteiger partial charge is 0.313 e. The lowest BCUT2D eigenvalue weighted by molar-refractivity contribution is -0.114. The number of azo groups is 1. The van der Waals surface area contributed by atoms with Crippen molar-refractivity contribution in [1.29, 1.82) is 0 Å². The van der Waals surface area contributed by atoms with Crippen molar-refractivity contribution in [2.45, 2.75) is 16.7 Å². The Hall–Kier alpha value is -4.16. The first-order chi connectivity index (χ1) is 18.6. The monoisotopic (exact) mass is 612 g/mol. The van der Waals surface area contributed by atoms with Gasteiger partial charge in [0.1, 0.15) is 15.6 Å². The number of carbonyl (C=O) groups excluding carboxylic acids is 1. The molecule has 1 heterocycles. The zero-order valence-electron chi connectivity index (χ0n) is 19.8. The normalized spacial score (nSPS) is 12.2. The summed E-state index contributed by atoms with van der Waals surface area (Å²) in [4.78, 5) is 16.5. The Labute approximate surface area is 229 Å². The van der Waals surface area contributed by atoms with Gasteiger partial charge in [0.15, 0.2) is 5.82 Å². The van der Waals surface area contributed by atoms with Crippen LogP contribution in [0.2, 0.25) is 5.02 Å². The molecule has 4 rings (SSSR count). The summed E-state index contributed by atoms with van der Waals surface area (Å²) in [6, 6.07) is 9.56. The third-order valence-corrected chi connectivity index (χ3v) is 7.14. The molecular formula is C22H15ClF2N6O7S2. The molecule has 0 saturated heterocycles. The lowest BCUT2D eigenvalue weighted by atomic mass is 10.1. The van der Waals surface area contributed by atoms with E-state index in [1.807, 2.05) is 0 Å². The first-order valence-corrected chi connectivity index (χ1v) is 13.9. The van der Waals surface area contributed by atoms with Gasteiger partial charge in [0.25, 0.3) is 20.2 Å². The number of anilines is 3. The number of nitrogens with one attached hydrogen (secondary N) is 2.